The lowest BCUT2D eigenvalue weighted by Crippen LogP contribution is -2.40. The summed E-state index contributed by atoms with van der Waals surface area (Å²) >= 11 is 1.64. The molecule has 6 heteroatoms. The summed E-state index contributed by atoms with van der Waals surface area (Å²) in [6.07, 6.45) is 0.740. The van der Waals surface area contributed by atoms with Crippen LogP contribution >= 0.6 is 11.3 Å². The van der Waals surface area contributed by atoms with Gasteiger partial charge in [0, 0.05) is 16.8 Å². The van der Waals surface area contributed by atoms with Gasteiger partial charge in [-0.3, -0.25) is 4.79 Å². The SMILES string of the molecule is COc1cc2c(cc1OC)[C@@H](c1cccs1)N(C(=O)c1cc3ccccc3o1)CC2. The molecular formula is C24H21NO4S. The van der Waals surface area contributed by atoms with Gasteiger partial charge in [0.15, 0.2) is 17.3 Å². The number of carbonyl (C=O) groups is 1. The first kappa shape index (κ1) is 18.8. The maximum Gasteiger partial charge on any atom is 0.290 e. The number of fused-ring (bicyclic) bond motifs is 2. The van der Waals surface area contributed by atoms with Crippen LogP contribution < -0.4 is 9.47 Å². The number of thiophene rings is 1. The number of hydrogen-bond acceptors (Lipinski definition) is 5. The number of amides is 1. The molecule has 0 unspecified atom stereocenters. The average molecular weight is 420 g/mol. The Morgan fingerprint density at radius 2 is 1.87 bits per heavy atom. The van der Waals surface area contributed by atoms with Crippen molar-refractivity contribution in [3.05, 3.63) is 81.7 Å². The second kappa shape index (κ2) is 7.54. The normalized spacial score (nSPS) is 15.8. The van der Waals surface area contributed by atoms with Crippen molar-refractivity contribution in [2.75, 3.05) is 20.8 Å². The van der Waals surface area contributed by atoms with Crippen LogP contribution in [0.4, 0.5) is 0 Å². The fraction of sp³-hybridized carbons (Fsp3) is 0.208. The van der Waals surface area contributed by atoms with E-state index in [-0.39, 0.29) is 11.9 Å². The smallest absolute Gasteiger partial charge is 0.290 e. The molecule has 0 saturated heterocycles. The highest BCUT2D eigenvalue weighted by molar-refractivity contribution is 7.10. The number of carbonyl (C=O) groups excluding carboxylic acids is 1. The molecule has 1 amide bonds. The first-order valence-corrected chi connectivity index (χ1v) is 10.7. The summed E-state index contributed by atoms with van der Waals surface area (Å²) < 4.78 is 16.9. The molecule has 0 N–H and O–H groups in total. The standard InChI is InChI=1S/C24H21NO4S/c1-27-19-12-15-9-10-25(24(26)21-13-16-6-3-4-7-18(16)29-21)23(22-8-5-11-30-22)17(15)14-20(19)28-2/h3-8,11-14,23H,9-10H2,1-2H3/t23-/m0/s1. The molecule has 3 heterocycles. The van der Waals surface area contributed by atoms with Crippen LogP contribution in [0.3, 0.4) is 0 Å². The van der Waals surface area contributed by atoms with Gasteiger partial charge in [-0.2, -0.15) is 0 Å². The molecule has 2 aromatic heterocycles. The molecule has 0 fully saturated rings. The van der Waals surface area contributed by atoms with Crippen LogP contribution in [0.5, 0.6) is 11.5 Å². The minimum Gasteiger partial charge on any atom is -0.493 e. The Kier molecular flexibility index (Phi) is 4.71. The van der Waals surface area contributed by atoms with Gasteiger partial charge >= 0.3 is 0 Å². The molecule has 152 valence electrons. The van der Waals surface area contributed by atoms with Gasteiger partial charge in [-0.25, -0.2) is 0 Å². The highest BCUT2D eigenvalue weighted by Gasteiger charge is 2.35. The minimum absolute atomic E-state index is 0.106. The molecule has 1 atom stereocenters. The van der Waals surface area contributed by atoms with E-state index in [4.69, 9.17) is 13.9 Å². The lowest BCUT2D eigenvalue weighted by Gasteiger charge is -2.37. The van der Waals surface area contributed by atoms with Crippen LogP contribution in [0.25, 0.3) is 11.0 Å². The maximum atomic E-state index is 13.5. The van der Waals surface area contributed by atoms with Crippen molar-refractivity contribution < 1.29 is 18.7 Å². The highest BCUT2D eigenvalue weighted by Crippen LogP contribution is 2.42. The Hall–Kier alpha value is -3.25. The number of rotatable bonds is 4. The molecular weight excluding hydrogens is 398 g/mol. The molecule has 0 bridgehead atoms. The van der Waals surface area contributed by atoms with Crippen LogP contribution in [0, 0.1) is 0 Å². The molecule has 0 spiro atoms. The van der Waals surface area contributed by atoms with E-state index in [2.05, 4.69) is 6.07 Å². The summed E-state index contributed by atoms with van der Waals surface area (Å²) in [4.78, 5) is 16.5. The van der Waals surface area contributed by atoms with Crippen LogP contribution in [-0.2, 0) is 6.42 Å². The molecule has 30 heavy (non-hydrogen) atoms. The number of nitrogens with zero attached hydrogens (tertiary/aromatic N) is 1. The quantitative estimate of drug-likeness (QED) is 0.450. The van der Waals surface area contributed by atoms with Crippen molar-refractivity contribution >= 4 is 28.2 Å². The van der Waals surface area contributed by atoms with E-state index in [0.29, 0.717) is 23.8 Å². The number of methoxy groups -OCH3 is 2. The van der Waals surface area contributed by atoms with Crippen molar-refractivity contribution in [3.8, 4) is 11.5 Å². The summed E-state index contributed by atoms with van der Waals surface area (Å²) in [5.74, 6) is 1.63. The van der Waals surface area contributed by atoms with E-state index in [1.807, 2.05) is 58.8 Å². The van der Waals surface area contributed by atoms with Gasteiger partial charge < -0.3 is 18.8 Å². The second-order valence-corrected chi connectivity index (χ2v) is 8.20. The number of para-hydroxylation sites is 1. The number of benzene rings is 2. The van der Waals surface area contributed by atoms with E-state index in [0.717, 1.165) is 27.8 Å². The van der Waals surface area contributed by atoms with Crippen LogP contribution in [0.15, 0.2) is 64.4 Å². The topological polar surface area (TPSA) is 51.9 Å². The number of furan rings is 1. The fourth-order valence-electron chi connectivity index (χ4n) is 4.15. The predicted octanol–water partition coefficient (Wildman–Crippen LogP) is 5.30. The Morgan fingerprint density at radius 1 is 1.07 bits per heavy atom. The molecule has 4 aromatic rings. The van der Waals surface area contributed by atoms with E-state index in [9.17, 15) is 4.79 Å². The minimum atomic E-state index is -0.200. The van der Waals surface area contributed by atoms with Gasteiger partial charge in [0.2, 0.25) is 0 Å². The van der Waals surface area contributed by atoms with Crippen molar-refractivity contribution in [2.24, 2.45) is 0 Å². The molecule has 2 aromatic carbocycles. The lowest BCUT2D eigenvalue weighted by atomic mass is 9.90. The Balaban J connectivity index is 1.61. The predicted molar refractivity (Wildman–Crippen MR) is 117 cm³/mol. The van der Waals surface area contributed by atoms with Crippen molar-refractivity contribution in [3.63, 3.8) is 0 Å². The summed E-state index contributed by atoms with van der Waals surface area (Å²) in [7, 11) is 3.27. The van der Waals surface area contributed by atoms with Crippen molar-refractivity contribution in [2.45, 2.75) is 12.5 Å². The van der Waals surface area contributed by atoms with Gasteiger partial charge in [-0.05, 0) is 53.3 Å². The van der Waals surface area contributed by atoms with Gasteiger partial charge in [-0.1, -0.05) is 24.3 Å². The molecule has 0 saturated carbocycles. The second-order valence-electron chi connectivity index (χ2n) is 7.22. The molecule has 5 nitrogen and oxygen atoms in total. The van der Waals surface area contributed by atoms with E-state index < -0.39 is 0 Å². The van der Waals surface area contributed by atoms with E-state index in [1.165, 1.54) is 5.56 Å². The third-order valence-electron chi connectivity index (χ3n) is 5.58. The third kappa shape index (κ3) is 3.04. The summed E-state index contributed by atoms with van der Waals surface area (Å²) in [6.45, 7) is 0.598. The van der Waals surface area contributed by atoms with E-state index in [1.54, 1.807) is 25.6 Å². The summed E-state index contributed by atoms with van der Waals surface area (Å²) in [5.41, 5.74) is 2.95. The van der Waals surface area contributed by atoms with Gasteiger partial charge in [0.05, 0.1) is 20.3 Å². The number of ether oxygens (including phenoxy) is 2. The Morgan fingerprint density at radius 3 is 2.60 bits per heavy atom. The fourth-order valence-corrected chi connectivity index (χ4v) is 5.00. The Labute approximate surface area is 178 Å². The maximum absolute atomic E-state index is 13.5. The highest BCUT2D eigenvalue weighted by atomic mass is 32.1. The summed E-state index contributed by atoms with van der Waals surface area (Å²) in [6, 6.07) is 17.4. The zero-order valence-corrected chi connectivity index (χ0v) is 17.6. The zero-order valence-electron chi connectivity index (χ0n) is 16.8. The van der Waals surface area contributed by atoms with Crippen LogP contribution in [-0.4, -0.2) is 31.6 Å². The van der Waals surface area contributed by atoms with E-state index >= 15 is 0 Å². The van der Waals surface area contributed by atoms with Crippen LogP contribution in [0.1, 0.15) is 32.6 Å². The first-order valence-electron chi connectivity index (χ1n) is 9.77. The first-order chi connectivity index (χ1) is 14.7. The number of hydrogen-bond donors (Lipinski definition) is 0. The zero-order chi connectivity index (χ0) is 20.7. The van der Waals surface area contributed by atoms with Crippen molar-refractivity contribution in [1.82, 2.24) is 4.90 Å². The van der Waals surface area contributed by atoms with Gasteiger partial charge in [0.25, 0.3) is 5.91 Å². The molecule has 0 aliphatic carbocycles. The largest absolute Gasteiger partial charge is 0.493 e. The third-order valence-corrected chi connectivity index (χ3v) is 6.51. The monoisotopic (exact) mass is 419 g/mol. The molecule has 1 aliphatic heterocycles. The molecule has 5 rings (SSSR count). The lowest BCUT2D eigenvalue weighted by molar-refractivity contribution is 0.0666. The van der Waals surface area contributed by atoms with Crippen LogP contribution in [0.2, 0.25) is 0 Å². The summed E-state index contributed by atoms with van der Waals surface area (Å²) in [5, 5.41) is 2.96. The van der Waals surface area contributed by atoms with Gasteiger partial charge in [0.1, 0.15) is 5.58 Å². The van der Waals surface area contributed by atoms with Crippen molar-refractivity contribution in [1.29, 1.82) is 0 Å². The molecule has 1 aliphatic rings. The molecule has 0 radical (unpaired) electrons. The van der Waals surface area contributed by atoms with Gasteiger partial charge in [-0.15, -0.1) is 11.3 Å². The Bertz CT molecular complexity index is 1180. The average Bonchev–Trinajstić information content (AvgIpc) is 3.46.